The SMILES string of the molecule is Cc1ccn(-c2ccc(-c3cccc(C(=O)O)c3)cc2[C@@H](Oc2cc(N3CCC4(CC3)CNC(C(=O)O)C4)nc(N)n2)C(F)(F)F)n1. The molecule has 4 heterocycles. The summed E-state index contributed by atoms with van der Waals surface area (Å²) in [5.41, 5.74) is 6.92. The molecule has 47 heavy (non-hydrogen) atoms. The van der Waals surface area contributed by atoms with Crippen LogP contribution in [0.25, 0.3) is 16.8 Å². The number of rotatable bonds is 8. The monoisotopic (exact) mass is 651 g/mol. The van der Waals surface area contributed by atoms with Gasteiger partial charge in [0.15, 0.2) is 0 Å². The first-order valence-corrected chi connectivity index (χ1v) is 14.9. The van der Waals surface area contributed by atoms with Crippen molar-refractivity contribution < 1.29 is 37.7 Å². The maximum Gasteiger partial charge on any atom is 0.429 e. The minimum Gasteiger partial charge on any atom is -0.480 e. The summed E-state index contributed by atoms with van der Waals surface area (Å²) in [4.78, 5) is 33.2. The number of nitrogens with two attached hydrogens (primary N) is 1. The highest BCUT2D eigenvalue weighted by Crippen LogP contribution is 2.43. The van der Waals surface area contributed by atoms with Crippen LogP contribution in [0.4, 0.5) is 24.9 Å². The number of nitrogens with one attached hydrogen (secondary N) is 1. The van der Waals surface area contributed by atoms with Gasteiger partial charge in [-0.15, -0.1) is 0 Å². The molecule has 5 N–H and O–H groups in total. The average molecular weight is 652 g/mol. The highest BCUT2D eigenvalue weighted by molar-refractivity contribution is 5.89. The van der Waals surface area contributed by atoms with E-state index in [4.69, 9.17) is 10.5 Å². The van der Waals surface area contributed by atoms with Gasteiger partial charge >= 0.3 is 18.1 Å². The van der Waals surface area contributed by atoms with Gasteiger partial charge in [-0.3, -0.25) is 4.79 Å². The fourth-order valence-electron chi connectivity index (χ4n) is 6.30. The van der Waals surface area contributed by atoms with Crippen molar-refractivity contribution in [1.29, 1.82) is 0 Å². The zero-order valence-electron chi connectivity index (χ0n) is 25.2. The second-order valence-corrected chi connectivity index (χ2v) is 12.0. The molecule has 2 aromatic heterocycles. The number of alkyl halides is 3. The van der Waals surface area contributed by atoms with E-state index in [-0.39, 0.29) is 34.1 Å². The van der Waals surface area contributed by atoms with Gasteiger partial charge < -0.3 is 30.9 Å². The number of carbonyl (C=O) groups is 2. The Balaban J connectivity index is 1.34. The van der Waals surface area contributed by atoms with Crippen molar-refractivity contribution in [3.8, 4) is 22.7 Å². The van der Waals surface area contributed by atoms with E-state index >= 15 is 0 Å². The number of nitrogens with zero attached hydrogens (tertiary/aromatic N) is 5. The van der Waals surface area contributed by atoms with Crippen molar-refractivity contribution in [2.75, 3.05) is 30.3 Å². The van der Waals surface area contributed by atoms with Crippen molar-refractivity contribution in [1.82, 2.24) is 25.1 Å². The number of ether oxygens (including phenoxy) is 1. The molecular formula is C32H32F3N7O5. The van der Waals surface area contributed by atoms with Crippen molar-refractivity contribution in [2.24, 2.45) is 5.41 Å². The molecule has 0 bridgehead atoms. The van der Waals surface area contributed by atoms with E-state index in [0.29, 0.717) is 61.5 Å². The van der Waals surface area contributed by atoms with Gasteiger partial charge in [0, 0.05) is 37.5 Å². The molecule has 0 aliphatic carbocycles. The molecule has 6 rings (SSSR count). The first kappa shape index (κ1) is 31.8. The molecule has 2 aliphatic rings. The average Bonchev–Trinajstić information content (AvgIpc) is 3.66. The third-order valence-corrected chi connectivity index (χ3v) is 8.77. The van der Waals surface area contributed by atoms with Gasteiger partial charge in [-0.1, -0.05) is 18.2 Å². The number of nitrogen functional groups attached to an aromatic ring is 1. The fourth-order valence-corrected chi connectivity index (χ4v) is 6.30. The van der Waals surface area contributed by atoms with E-state index in [0.717, 1.165) is 0 Å². The second-order valence-electron chi connectivity index (χ2n) is 12.0. The van der Waals surface area contributed by atoms with Gasteiger partial charge in [-0.25, -0.2) is 9.48 Å². The standard InChI is InChI=1S/C32H32F3N7O5/c1-18-7-10-42(40-18)24-6-5-20(19-3-2-4-21(13-19)28(43)44)14-22(24)27(32(33,34)35)47-26-15-25(38-30(36)39-26)41-11-8-31(9-12-41)16-23(29(45)46)37-17-31/h2-7,10,13-15,23,27,37H,8-9,11-12,16-17H2,1H3,(H,43,44)(H,45,46)(H2,36,38,39)/t23?,27-/m1/s1. The molecule has 12 nitrogen and oxygen atoms in total. The maximum absolute atomic E-state index is 14.9. The van der Waals surface area contributed by atoms with Crippen molar-refractivity contribution >= 4 is 23.7 Å². The summed E-state index contributed by atoms with van der Waals surface area (Å²) < 4.78 is 51.8. The Labute approximate surface area is 267 Å². The van der Waals surface area contributed by atoms with E-state index in [2.05, 4.69) is 20.4 Å². The predicted octanol–water partition coefficient (Wildman–Crippen LogP) is 4.63. The Kier molecular flexibility index (Phi) is 8.26. The first-order chi connectivity index (χ1) is 22.3. The van der Waals surface area contributed by atoms with Crippen LogP contribution in [0.1, 0.15) is 47.0 Å². The Morgan fingerprint density at radius 1 is 1.06 bits per heavy atom. The van der Waals surface area contributed by atoms with Gasteiger partial charge in [-0.05, 0) is 73.1 Å². The van der Waals surface area contributed by atoms with Gasteiger partial charge in [0.1, 0.15) is 11.9 Å². The molecule has 0 amide bonds. The summed E-state index contributed by atoms with van der Waals surface area (Å²) >= 11 is 0. The second kappa shape index (κ2) is 12.2. The van der Waals surface area contributed by atoms with Crippen LogP contribution in [0.5, 0.6) is 5.88 Å². The molecule has 1 unspecified atom stereocenters. The molecule has 2 saturated heterocycles. The number of hydrogen-bond acceptors (Lipinski definition) is 9. The number of piperidine rings is 1. The minimum atomic E-state index is -4.92. The fraction of sp³-hybridized carbons (Fsp3) is 0.344. The van der Waals surface area contributed by atoms with Crippen molar-refractivity contribution in [2.45, 2.75) is 44.5 Å². The smallest absolute Gasteiger partial charge is 0.429 e. The number of aryl methyl sites for hydroxylation is 1. The highest BCUT2D eigenvalue weighted by atomic mass is 19.4. The summed E-state index contributed by atoms with van der Waals surface area (Å²) in [5, 5.41) is 26.2. The third-order valence-electron chi connectivity index (χ3n) is 8.77. The van der Waals surface area contributed by atoms with Gasteiger partial charge in [0.25, 0.3) is 0 Å². The van der Waals surface area contributed by atoms with E-state index in [1.165, 1.54) is 47.3 Å². The number of aliphatic carboxylic acids is 1. The molecule has 246 valence electrons. The number of carboxylic acids is 2. The Hall–Kier alpha value is -5.18. The van der Waals surface area contributed by atoms with Crippen molar-refractivity contribution in [3.63, 3.8) is 0 Å². The summed E-state index contributed by atoms with van der Waals surface area (Å²) in [5.74, 6) is -2.42. The zero-order valence-corrected chi connectivity index (χ0v) is 25.2. The number of benzene rings is 2. The third kappa shape index (κ3) is 6.70. The maximum atomic E-state index is 14.9. The van der Waals surface area contributed by atoms with Crippen LogP contribution < -0.4 is 20.7 Å². The highest BCUT2D eigenvalue weighted by Gasteiger charge is 2.46. The molecule has 2 aromatic carbocycles. The number of aromatic carboxylic acids is 1. The van der Waals surface area contributed by atoms with Crippen LogP contribution in [0.3, 0.4) is 0 Å². The van der Waals surface area contributed by atoms with E-state index < -0.39 is 30.3 Å². The number of halogens is 3. The van der Waals surface area contributed by atoms with Gasteiger partial charge in [0.05, 0.1) is 16.9 Å². The minimum absolute atomic E-state index is 0.0158. The van der Waals surface area contributed by atoms with Crippen molar-refractivity contribution in [3.05, 3.63) is 77.6 Å². The van der Waals surface area contributed by atoms with E-state index in [1.54, 1.807) is 25.1 Å². The molecule has 2 atom stereocenters. The molecule has 15 heteroatoms. The summed E-state index contributed by atoms with van der Waals surface area (Å²) in [7, 11) is 0. The summed E-state index contributed by atoms with van der Waals surface area (Å²) in [6, 6.07) is 12.6. The molecule has 4 aromatic rings. The lowest BCUT2D eigenvalue weighted by molar-refractivity contribution is -0.198. The van der Waals surface area contributed by atoms with Crippen LogP contribution in [-0.2, 0) is 4.79 Å². The van der Waals surface area contributed by atoms with Crippen LogP contribution in [0, 0.1) is 12.3 Å². The molecule has 2 aliphatic heterocycles. The van der Waals surface area contributed by atoms with E-state index in [1.807, 2.05) is 4.90 Å². The molecular weight excluding hydrogens is 619 g/mol. The van der Waals surface area contributed by atoms with Crippen LogP contribution in [-0.4, -0.2) is 73.8 Å². The number of anilines is 2. The lowest BCUT2D eigenvalue weighted by Crippen LogP contribution is -2.41. The number of aromatic nitrogens is 4. The van der Waals surface area contributed by atoms with Crippen LogP contribution in [0.15, 0.2) is 60.8 Å². The molecule has 0 radical (unpaired) electrons. The Morgan fingerprint density at radius 2 is 1.81 bits per heavy atom. The Morgan fingerprint density at radius 3 is 2.45 bits per heavy atom. The molecule has 1 spiro atoms. The first-order valence-electron chi connectivity index (χ1n) is 14.9. The summed E-state index contributed by atoms with van der Waals surface area (Å²) in [6.45, 7) is 3.27. The van der Waals surface area contributed by atoms with Crippen LogP contribution in [0.2, 0.25) is 0 Å². The van der Waals surface area contributed by atoms with E-state index in [9.17, 15) is 33.0 Å². The normalized spacial score (nSPS) is 18.3. The largest absolute Gasteiger partial charge is 0.480 e. The van der Waals surface area contributed by atoms with Crippen LogP contribution >= 0.6 is 0 Å². The molecule has 2 fully saturated rings. The molecule has 0 saturated carbocycles. The van der Waals surface area contributed by atoms with Gasteiger partial charge in [0.2, 0.25) is 17.9 Å². The van der Waals surface area contributed by atoms with Gasteiger partial charge in [-0.2, -0.15) is 28.2 Å². The zero-order chi connectivity index (χ0) is 33.5. The predicted molar refractivity (Wildman–Crippen MR) is 164 cm³/mol. The quantitative estimate of drug-likeness (QED) is 0.210. The lowest BCUT2D eigenvalue weighted by atomic mass is 9.76. The topological polar surface area (TPSA) is 169 Å². The lowest BCUT2D eigenvalue weighted by Gasteiger charge is -2.39. The number of hydrogen-bond donors (Lipinski definition) is 4. The Bertz CT molecular complexity index is 1820. The summed E-state index contributed by atoms with van der Waals surface area (Å²) in [6.07, 6.45) is -4.08. The number of carboxylic acid groups (broad SMARTS) is 2.